The fourth-order valence-electron chi connectivity index (χ4n) is 1.76. The van der Waals surface area contributed by atoms with Crippen molar-refractivity contribution in [2.75, 3.05) is 13.1 Å². The molecule has 5 nitrogen and oxygen atoms in total. The molecule has 1 N–H and O–H groups in total. The van der Waals surface area contributed by atoms with Crippen LogP contribution < -0.4 is 10.4 Å². The highest BCUT2D eigenvalue weighted by Crippen LogP contribution is 2.16. The predicted molar refractivity (Wildman–Crippen MR) is 57.6 cm³/mol. The lowest BCUT2D eigenvalue weighted by Crippen LogP contribution is -2.50. The first-order valence-electron chi connectivity index (χ1n) is 5.81. The highest BCUT2D eigenvalue weighted by molar-refractivity contribution is 5.82. The van der Waals surface area contributed by atoms with E-state index in [-0.39, 0.29) is 6.03 Å². The summed E-state index contributed by atoms with van der Waals surface area (Å²) in [7, 11) is 0. The quantitative estimate of drug-likeness (QED) is 0.732. The Hall–Kier alpha value is -1.26. The Balaban J connectivity index is 2.44. The van der Waals surface area contributed by atoms with Crippen molar-refractivity contribution in [2.45, 2.75) is 39.2 Å². The van der Waals surface area contributed by atoms with Gasteiger partial charge in [0.1, 0.15) is 0 Å². The number of nitrogens with zero attached hydrogens (tertiary/aromatic N) is 1. The van der Waals surface area contributed by atoms with Crippen LogP contribution in [0.3, 0.4) is 0 Å². The summed E-state index contributed by atoms with van der Waals surface area (Å²) in [6.07, 6.45) is 2.22. The topological polar surface area (TPSA) is 72.5 Å². The maximum absolute atomic E-state index is 11.7. The van der Waals surface area contributed by atoms with Gasteiger partial charge in [0, 0.05) is 13.1 Å². The number of hydrogen-bond acceptors (Lipinski definition) is 3. The molecule has 1 aliphatic rings. The number of carboxylic acid groups (broad SMARTS) is 1. The minimum atomic E-state index is -1.16. The van der Waals surface area contributed by atoms with Crippen molar-refractivity contribution in [3.8, 4) is 0 Å². The van der Waals surface area contributed by atoms with Crippen molar-refractivity contribution in [2.24, 2.45) is 5.92 Å². The normalized spacial score (nSPS) is 21.9. The minimum Gasteiger partial charge on any atom is -0.548 e. The molecule has 16 heavy (non-hydrogen) atoms. The molecule has 0 saturated carbocycles. The first-order chi connectivity index (χ1) is 7.56. The molecule has 2 atom stereocenters. The second-order valence-corrected chi connectivity index (χ2v) is 4.37. The van der Waals surface area contributed by atoms with Gasteiger partial charge < -0.3 is 20.1 Å². The third kappa shape index (κ3) is 3.12. The lowest BCUT2D eigenvalue weighted by atomic mass is 10.1. The lowest BCUT2D eigenvalue weighted by molar-refractivity contribution is -0.310. The second-order valence-electron chi connectivity index (χ2n) is 4.37. The molecule has 1 saturated heterocycles. The summed E-state index contributed by atoms with van der Waals surface area (Å²) >= 11 is 0. The van der Waals surface area contributed by atoms with Gasteiger partial charge in [-0.15, -0.1) is 0 Å². The molecule has 1 fully saturated rings. The number of hydrogen-bond donors (Lipinski definition) is 1. The summed E-state index contributed by atoms with van der Waals surface area (Å²) in [5.41, 5.74) is 0. The van der Waals surface area contributed by atoms with E-state index >= 15 is 0 Å². The van der Waals surface area contributed by atoms with Crippen LogP contribution in [0.4, 0.5) is 4.79 Å². The molecule has 0 radical (unpaired) electrons. The van der Waals surface area contributed by atoms with E-state index in [1.54, 1.807) is 0 Å². The van der Waals surface area contributed by atoms with E-state index < -0.39 is 12.0 Å². The Morgan fingerprint density at radius 1 is 1.56 bits per heavy atom. The number of nitrogens with one attached hydrogen (secondary N) is 1. The Morgan fingerprint density at radius 2 is 2.25 bits per heavy atom. The van der Waals surface area contributed by atoms with E-state index in [9.17, 15) is 14.7 Å². The molecule has 1 rings (SSSR count). The average Bonchev–Trinajstić information content (AvgIpc) is 2.74. The third-order valence-electron chi connectivity index (χ3n) is 3.08. The molecule has 0 aromatic carbocycles. The maximum atomic E-state index is 11.7. The minimum absolute atomic E-state index is 0.285. The largest absolute Gasteiger partial charge is 0.548 e. The average molecular weight is 227 g/mol. The molecule has 1 aliphatic heterocycles. The fraction of sp³-hybridized carbons (Fsp3) is 0.818. The molecular weight excluding hydrogens is 208 g/mol. The molecule has 5 heteroatoms. The first-order valence-corrected chi connectivity index (χ1v) is 5.81. The molecule has 0 aliphatic carbocycles. The van der Waals surface area contributed by atoms with Crippen molar-refractivity contribution in [1.29, 1.82) is 0 Å². The monoisotopic (exact) mass is 227 g/mol. The van der Waals surface area contributed by atoms with Crippen molar-refractivity contribution in [3.05, 3.63) is 0 Å². The summed E-state index contributed by atoms with van der Waals surface area (Å²) < 4.78 is 0. The summed E-state index contributed by atoms with van der Waals surface area (Å²) in [6.45, 7) is 5.19. The van der Waals surface area contributed by atoms with Crippen molar-refractivity contribution in [1.82, 2.24) is 10.2 Å². The fourth-order valence-corrected chi connectivity index (χ4v) is 1.76. The number of carbonyl (C=O) groups is 2. The van der Waals surface area contributed by atoms with Gasteiger partial charge in [0.05, 0.1) is 12.0 Å². The molecule has 0 bridgehead atoms. The zero-order valence-electron chi connectivity index (χ0n) is 9.86. The number of urea groups is 1. The Bertz CT molecular complexity index is 268. The van der Waals surface area contributed by atoms with E-state index in [1.165, 1.54) is 4.90 Å². The van der Waals surface area contributed by atoms with Gasteiger partial charge in [-0.1, -0.05) is 20.3 Å². The van der Waals surface area contributed by atoms with Gasteiger partial charge in [0.25, 0.3) is 0 Å². The summed E-state index contributed by atoms with van der Waals surface area (Å²) in [4.78, 5) is 23.8. The molecule has 0 aromatic rings. The summed E-state index contributed by atoms with van der Waals surface area (Å²) in [5, 5.41) is 13.5. The van der Waals surface area contributed by atoms with E-state index in [2.05, 4.69) is 12.2 Å². The van der Waals surface area contributed by atoms with Crippen LogP contribution in [0.5, 0.6) is 0 Å². The van der Waals surface area contributed by atoms with Crippen LogP contribution in [0.15, 0.2) is 0 Å². The van der Waals surface area contributed by atoms with Crippen LogP contribution in [-0.2, 0) is 4.79 Å². The van der Waals surface area contributed by atoms with Crippen LogP contribution in [0.1, 0.15) is 33.1 Å². The number of amides is 2. The van der Waals surface area contributed by atoms with Gasteiger partial charge >= 0.3 is 6.03 Å². The van der Waals surface area contributed by atoms with Gasteiger partial charge in [0.2, 0.25) is 0 Å². The smallest absolute Gasteiger partial charge is 0.317 e. The zero-order valence-corrected chi connectivity index (χ0v) is 9.86. The Kier molecular flexibility index (Phi) is 4.58. The molecule has 0 aromatic heterocycles. The van der Waals surface area contributed by atoms with Gasteiger partial charge in [-0.3, -0.25) is 0 Å². The van der Waals surface area contributed by atoms with E-state index in [4.69, 9.17) is 0 Å². The number of carboxylic acids is 1. The number of carbonyl (C=O) groups excluding carboxylic acids is 2. The van der Waals surface area contributed by atoms with E-state index in [1.807, 2.05) is 6.92 Å². The molecule has 1 heterocycles. The molecular formula is C11H19N2O3-. The van der Waals surface area contributed by atoms with Crippen molar-refractivity contribution in [3.63, 3.8) is 0 Å². The summed E-state index contributed by atoms with van der Waals surface area (Å²) in [6, 6.07) is -1.04. The zero-order chi connectivity index (χ0) is 12.1. The van der Waals surface area contributed by atoms with Crippen LogP contribution in [0.25, 0.3) is 0 Å². The highest BCUT2D eigenvalue weighted by atomic mass is 16.4. The first kappa shape index (κ1) is 12.8. The lowest BCUT2D eigenvalue weighted by Gasteiger charge is -2.26. The van der Waals surface area contributed by atoms with Crippen LogP contribution >= 0.6 is 0 Å². The van der Waals surface area contributed by atoms with Crippen LogP contribution in [0.2, 0.25) is 0 Å². The molecule has 0 spiro atoms. The molecule has 2 unspecified atom stereocenters. The standard InChI is InChI=1S/C11H20N2O3/c1-3-8(2)7-12-11(16)13-6-4-5-9(13)10(14)15/h8-9H,3-7H2,1-2H3,(H,12,16)(H,14,15)/p-1. The number of likely N-dealkylation sites (tertiary alicyclic amines) is 1. The van der Waals surface area contributed by atoms with Gasteiger partial charge in [-0.05, 0) is 18.8 Å². The van der Waals surface area contributed by atoms with Crippen molar-refractivity contribution >= 4 is 12.0 Å². The van der Waals surface area contributed by atoms with E-state index in [0.29, 0.717) is 25.4 Å². The highest BCUT2D eigenvalue weighted by Gasteiger charge is 2.29. The second kappa shape index (κ2) is 5.72. The number of aliphatic carboxylic acids is 1. The molecule has 2 amide bonds. The van der Waals surface area contributed by atoms with Crippen LogP contribution in [-0.4, -0.2) is 36.0 Å². The molecule has 92 valence electrons. The SMILES string of the molecule is CCC(C)CNC(=O)N1CCCC1C(=O)[O-]. The van der Waals surface area contributed by atoms with Crippen molar-refractivity contribution < 1.29 is 14.7 Å². The maximum Gasteiger partial charge on any atom is 0.317 e. The van der Waals surface area contributed by atoms with E-state index in [0.717, 1.165) is 12.8 Å². The van der Waals surface area contributed by atoms with Gasteiger partial charge in [-0.2, -0.15) is 0 Å². The predicted octanol–water partition coefficient (Wildman–Crippen LogP) is -0.0436. The van der Waals surface area contributed by atoms with Crippen LogP contribution in [0, 0.1) is 5.92 Å². The Morgan fingerprint density at radius 3 is 2.81 bits per heavy atom. The number of rotatable bonds is 4. The van der Waals surface area contributed by atoms with Gasteiger partial charge in [-0.25, -0.2) is 4.79 Å². The Labute approximate surface area is 95.8 Å². The van der Waals surface area contributed by atoms with Gasteiger partial charge in [0.15, 0.2) is 0 Å². The summed E-state index contributed by atoms with van der Waals surface area (Å²) in [5.74, 6) is -0.746. The third-order valence-corrected chi connectivity index (χ3v) is 3.08.